The van der Waals surface area contributed by atoms with Crippen LogP contribution in [0.25, 0.3) is 5.65 Å². The van der Waals surface area contributed by atoms with Crippen molar-refractivity contribution in [1.29, 1.82) is 5.26 Å². The molecule has 192 valence electrons. The SMILES string of the molecule is CC(C)NC(=O)O[C@@H]1CO[C@H](c2cc(Nc3nc(C#N)cc4nc(COC(F)(F)F)cn34)n[nH]2)[C@@H]1F. The largest absolute Gasteiger partial charge is 0.522 e. The van der Waals surface area contributed by atoms with Gasteiger partial charge in [-0.1, -0.05) is 0 Å². The number of nitrogens with one attached hydrogen (secondary N) is 3. The summed E-state index contributed by atoms with van der Waals surface area (Å²) in [6.07, 6.45) is -8.23. The second-order valence-electron chi connectivity index (χ2n) is 8.05. The molecule has 36 heavy (non-hydrogen) atoms. The van der Waals surface area contributed by atoms with E-state index in [1.165, 1.54) is 22.7 Å². The van der Waals surface area contributed by atoms with Crippen LogP contribution in [0.1, 0.15) is 37.0 Å². The van der Waals surface area contributed by atoms with Crippen molar-refractivity contribution in [2.75, 3.05) is 11.9 Å². The maximum absolute atomic E-state index is 14.9. The molecule has 0 aliphatic carbocycles. The minimum Gasteiger partial charge on any atom is -0.441 e. The van der Waals surface area contributed by atoms with Crippen LogP contribution in [0.15, 0.2) is 18.3 Å². The molecule has 0 aromatic carbocycles. The number of carbonyl (C=O) groups excluding carboxylic acids is 1. The normalized spacial score (nSPS) is 20.0. The van der Waals surface area contributed by atoms with E-state index in [4.69, 9.17) is 9.47 Å². The first-order valence-corrected chi connectivity index (χ1v) is 10.6. The van der Waals surface area contributed by atoms with Gasteiger partial charge in [-0.2, -0.15) is 10.4 Å². The van der Waals surface area contributed by atoms with E-state index in [1.54, 1.807) is 13.8 Å². The maximum Gasteiger partial charge on any atom is 0.522 e. The van der Waals surface area contributed by atoms with Gasteiger partial charge in [-0.25, -0.2) is 19.2 Å². The number of amides is 1. The Kier molecular flexibility index (Phi) is 6.95. The molecular formula is C20H20F4N8O4. The van der Waals surface area contributed by atoms with Crippen molar-refractivity contribution in [3.05, 3.63) is 35.4 Å². The summed E-state index contributed by atoms with van der Waals surface area (Å²) in [6, 6.07) is 4.36. The Balaban J connectivity index is 1.49. The number of fused-ring (bicyclic) bond motifs is 1. The molecule has 1 aliphatic heterocycles. The summed E-state index contributed by atoms with van der Waals surface area (Å²) in [6.45, 7) is 2.46. The van der Waals surface area contributed by atoms with Crippen molar-refractivity contribution in [2.24, 2.45) is 0 Å². The molecule has 0 unspecified atom stereocenters. The van der Waals surface area contributed by atoms with Gasteiger partial charge in [0.05, 0.1) is 24.6 Å². The molecule has 1 aliphatic rings. The third-order valence-corrected chi connectivity index (χ3v) is 4.90. The number of alkyl carbamates (subject to hydrolysis) is 1. The average molecular weight is 512 g/mol. The number of hydrogen-bond acceptors (Lipinski definition) is 9. The van der Waals surface area contributed by atoms with Crippen LogP contribution in [0.2, 0.25) is 0 Å². The number of halogens is 4. The van der Waals surface area contributed by atoms with Crippen molar-refractivity contribution < 1.29 is 36.6 Å². The number of imidazole rings is 1. The number of rotatable bonds is 7. The topological polar surface area (TPSA) is 151 Å². The number of alkyl halides is 4. The van der Waals surface area contributed by atoms with E-state index in [0.29, 0.717) is 0 Å². The molecule has 0 spiro atoms. The molecule has 16 heteroatoms. The van der Waals surface area contributed by atoms with Gasteiger partial charge in [0.2, 0.25) is 5.95 Å². The standard InChI is InChI=1S/C20H20F4N8O4/c1-9(2)26-19(33)36-13-8-34-17(16(13)21)12-4-14(31-30-12)29-18-28-10(5-25)3-15-27-11(6-32(15)18)7-35-20(22,23)24/h3-4,6,9,13,16-17H,7-8H2,1-2H3,(H,26,33)(H2,28,29,30,31)/t13-,16-,17-/m1/s1. The highest BCUT2D eigenvalue weighted by atomic mass is 19.4. The molecule has 3 N–H and O–H groups in total. The van der Waals surface area contributed by atoms with Gasteiger partial charge in [-0.05, 0) is 13.8 Å². The van der Waals surface area contributed by atoms with Crippen molar-refractivity contribution in [2.45, 2.75) is 51.2 Å². The van der Waals surface area contributed by atoms with Crippen LogP contribution >= 0.6 is 0 Å². The third-order valence-electron chi connectivity index (χ3n) is 4.90. The van der Waals surface area contributed by atoms with E-state index >= 15 is 0 Å². The number of anilines is 2. The summed E-state index contributed by atoms with van der Waals surface area (Å²) >= 11 is 0. The summed E-state index contributed by atoms with van der Waals surface area (Å²) in [5.41, 5.74) is 0.264. The van der Waals surface area contributed by atoms with Gasteiger partial charge >= 0.3 is 12.5 Å². The lowest BCUT2D eigenvalue weighted by Crippen LogP contribution is -2.36. The van der Waals surface area contributed by atoms with Gasteiger partial charge in [0.25, 0.3) is 0 Å². The van der Waals surface area contributed by atoms with Crippen LogP contribution in [0.5, 0.6) is 0 Å². The number of ether oxygens (including phenoxy) is 3. The highest BCUT2D eigenvalue weighted by Gasteiger charge is 2.42. The minimum absolute atomic E-state index is 0.0172. The van der Waals surface area contributed by atoms with Crippen LogP contribution < -0.4 is 10.6 Å². The Morgan fingerprint density at radius 2 is 2.17 bits per heavy atom. The number of H-pyrrole nitrogens is 1. The zero-order chi connectivity index (χ0) is 26.0. The lowest BCUT2D eigenvalue weighted by molar-refractivity contribution is -0.330. The molecular weight excluding hydrogens is 492 g/mol. The number of nitrogens with zero attached hydrogens (tertiary/aromatic N) is 5. The zero-order valence-electron chi connectivity index (χ0n) is 18.8. The van der Waals surface area contributed by atoms with E-state index in [9.17, 15) is 27.6 Å². The van der Waals surface area contributed by atoms with E-state index in [2.05, 4.69) is 35.5 Å². The second-order valence-corrected chi connectivity index (χ2v) is 8.05. The van der Waals surface area contributed by atoms with Gasteiger partial charge in [-0.15, -0.1) is 13.2 Å². The summed E-state index contributed by atoms with van der Waals surface area (Å²) in [7, 11) is 0. The second kappa shape index (κ2) is 9.95. The van der Waals surface area contributed by atoms with E-state index in [-0.39, 0.29) is 47.1 Å². The smallest absolute Gasteiger partial charge is 0.441 e. The predicted octanol–water partition coefficient (Wildman–Crippen LogP) is 3.02. The van der Waals surface area contributed by atoms with Crippen molar-refractivity contribution >= 4 is 23.5 Å². The molecule has 12 nitrogen and oxygen atoms in total. The van der Waals surface area contributed by atoms with Gasteiger partial charge in [0.15, 0.2) is 18.1 Å². The Morgan fingerprint density at radius 3 is 2.86 bits per heavy atom. The summed E-state index contributed by atoms with van der Waals surface area (Å²) in [4.78, 5) is 19.9. The molecule has 1 saturated heterocycles. The summed E-state index contributed by atoms with van der Waals surface area (Å²) < 4.78 is 67.6. The van der Waals surface area contributed by atoms with Crippen LogP contribution in [0.3, 0.4) is 0 Å². The number of aromatic nitrogens is 5. The quantitative estimate of drug-likeness (QED) is 0.406. The van der Waals surface area contributed by atoms with Crippen LogP contribution in [-0.2, 0) is 20.8 Å². The van der Waals surface area contributed by atoms with Crippen molar-refractivity contribution in [3.8, 4) is 6.07 Å². The van der Waals surface area contributed by atoms with Crippen LogP contribution in [0.4, 0.5) is 34.1 Å². The Bertz CT molecular complexity index is 1280. The van der Waals surface area contributed by atoms with Crippen LogP contribution in [-0.4, -0.2) is 61.9 Å². The first-order chi connectivity index (χ1) is 17.0. The van der Waals surface area contributed by atoms with Gasteiger partial charge in [0.1, 0.15) is 23.5 Å². The van der Waals surface area contributed by atoms with Crippen molar-refractivity contribution in [1.82, 2.24) is 29.9 Å². The fourth-order valence-corrected chi connectivity index (χ4v) is 3.42. The molecule has 0 saturated carbocycles. The van der Waals surface area contributed by atoms with E-state index in [1.807, 2.05) is 6.07 Å². The number of carbonyl (C=O) groups is 1. The van der Waals surface area contributed by atoms with Crippen molar-refractivity contribution in [3.63, 3.8) is 0 Å². The zero-order valence-corrected chi connectivity index (χ0v) is 18.8. The maximum atomic E-state index is 14.9. The van der Waals surface area contributed by atoms with Gasteiger partial charge in [0, 0.05) is 24.4 Å². The highest BCUT2D eigenvalue weighted by Crippen LogP contribution is 2.33. The predicted molar refractivity (Wildman–Crippen MR) is 113 cm³/mol. The lowest BCUT2D eigenvalue weighted by atomic mass is 10.1. The molecule has 4 rings (SSSR count). The molecule has 3 aromatic rings. The lowest BCUT2D eigenvalue weighted by Gasteiger charge is -2.16. The van der Waals surface area contributed by atoms with Gasteiger partial charge in [-0.3, -0.25) is 14.2 Å². The fourth-order valence-electron chi connectivity index (χ4n) is 3.42. The molecule has 1 fully saturated rings. The summed E-state index contributed by atoms with van der Waals surface area (Å²) in [5, 5.41) is 21.2. The van der Waals surface area contributed by atoms with Crippen LogP contribution in [0, 0.1) is 11.3 Å². The Labute approximate surface area is 200 Å². The molecule has 4 heterocycles. The van der Waals surface area contributed by atoms with E-state index in [0.717, 1.165) is 0 Å². The molecule has 3 atom stereocenters. The fraction of sp³-hybridized carbons (Fsp3) is 0.450. The first-order valence-electron chi connectivity index (χ1n) is 10.6. The monoisotopic (exact) mass is 512 g/mol. The van der Waals surface area contributed by atoms with Gasteiger partial charge < -0.3 is 20.1 Å². The Hall–Kier alpha value is -3.97. The Morgan fingerprint density at radius 1 is 1.39 bits per heavy atom. The number of aromatic amines is 1. The average Bonchev–Trinajstić information content (AvgIpc) is 3.50. The molecule has 0 bridgehead atoms. The third kappa shape index (κ3) is 5.80. The number of hydrogen-bond donors (Lipinski definition) is 3. The minimum atomic E-state index is -4.84. The summed E-state index contributed by atoms with van der Waals surface area (Å²) in [5.74, 6) is 0.164. The highest BCUT2D eigenvalue weighted by molar-refractivity contribution is 5.67. The molecule has 3 aromatic heterocycles. The molecule has 1 amide bonds. The number of nitriles is 1. The first kappa shape index (κ1) is 25.1. The van der Waals surface area contributed by atoms with E-state index < -0.39 is 37.4 Å². The molecule has 0 radical (unpaired) electrons.